The highest BCUT2D eigenvalue weighted by Crippen LogP contribution is 2.35. The zero-order valence-corrected chi connectivity index (χ0v) is 11.9. The topological polar surface area (TPSA) is 15.3 Å². The SMILES string of the molecule is CC(C)CCC(NCCN(C)C1CC1)C1CC1. The molecule has 0 heterocycles. The smallest absolute Gasteiger partial charge is 0.0107 e. The van der Waals surface area contributed by atoms with Gasteiger partial charge in [-0.3, -0.25) is 0 Å². The van der Waals surface area contributed by atoms with Crippen LogP contribution in [-0.4, -0.2) is 37.1 Å². The Morgan fingerprint density at radius 1 is 1.12 bits per heavy atom. The van der Waals surface area contributed by atoms with Crippen LogP contribution in [0.3, 0.4) is 0 Å². The summed E-state index contributed by atoms with van der Waals surface area (Å²) < 4.78 is 0. The molecule has 0 spiro atoms. The summed E-state index contributed by atoms with van der Waals surface area (Å²) in [6, 6.07) is 1.72. The molecule has 0 amide bonds. The second-order valence-corrected chi connectivity index (χ2v) is 6.58. The van der Waals surface area contributed by atoms with Crippen LogP contribution in [0.25, 0.3) is 0 Å². The lowest BCUT2D eigenvalue weighted by Gasteiger charge is -2.22. The highest BCUT2D eigenvalue weighted by Gasteiger charge is 2.31. The van der Waals surface area contributed by atoms with E-state index in [-0.39, 0.29) is 0 Å². The Kier molecular flexibility index (Phi) is 4.87. The lowest BCUT2D eigenvalue weighted by Crippen LogP contribution is -2.37. The third kappa shape index (κ3) is 4.97. The maximum Gasteiger partial charge on any atom is 0.0107 e. The molecule has 100 valence electrons. The van der Waals surface area contributed by atoms with Gasteiger partial charge in [-0.1, -0.05) is 13.8 Å². The van der Waals surface area contributed by atoms with Crippen LogP contribution in [0.1, 0.15) is 52.4 Å². The fourth-order valence-corrected chi connectivity index (χ4v) is 2.64. The normalized spacial score (nSPS) is 22.4. The van der Waals surface area contributed by atoms with Gasteiger partial charge in [-0.2, -0.15) is 0 Å². The van der Waals surface area contributed by atoms with E-state index in [0.29, 0.717) is 0 Å². The van der Waals surface area contributed by atoms with Gasteiger partial charge < -0.3 is 10.2 Å². The molecular weight excluding hydrogens is 208 g/mol. The van der Waals surface area contributed by atoms with Gasteiger partial charge in [-0.15, -0.1) is 0 Å². The summed E-state index contributed by atoms with van der Waals surface area (Å²) in [5.74, 6) is 1.85. The van der Waals surface area contributed by atoms with Crippen molar-refractivity contribution in [2.45, 2.75) is 64.5 Å². The number of likely N-dealkylation sites (N-methyl/N-ethyl adjacent to an activating group) is 1. The molecule has 1 atom stereocenters. The summed E-state index contributed by atoms with van der Waals surface area (Å²) >= 11 is 0. The van der Waals surface area contributed by atoms with E-state index in [1.807, 2.05) is 0 Å². The molecule has 2 fully saturated rings. The van der Waals surface area contributed by atoms with E-state index in [2.05, 4.69) is 31.1 Å². The number of hydrogen-bond acceptors (Lipinski definition) is 2. The molecule has 0 radical (unpaired) electrons. The molecule has 17 heavy (non-hydrogen) atoms. The van der Waals surface area contributed by atoms with Gasteiger partial charge in [0, 0.05) is 25.2 Å². The van der Waals surface area contributed by atoms with Crippen molar-refractivity contribution < 1.29 is 0 Å². The molecule has 2 aliphatic carbocycles. The third-order valence-corrected chi connectivity index (χ3v) is 4.29. The van der Waals surface area contributed by atoms with Crippen molar-refractivity contribution in [2.75, 3.05) is 20.1 Å². The lowest BCUT2D eigenvalue weighted by molar-refractivity contribution is 0.303. The maximum atomic E-state index is 3.81. The molecule has 0 bridgehead atoms. The van der Waals surface area contributed by atoms with Crippen LogP contribution < -0.4 is 5.32 Å². The molecule has 2 heteroatoms. The van der Waals surface area contributed by atoms with Gasteiger partial charge in [-0.25, -0.2) is 0 Å². The molecule has 2 nitrogen and oxygen atoms in total. The quantitative estimate of drug-likeness (QED) is 0.664. The minimum absolute atomic E-state index is 0.810. The summed E-state index contributed by atoms with van der Waals surface area (Å²) in [5.41, 5.74) is 0. The molecule has 2 saturated carbocycles. The molecular formula is C15H30N2. The first-order valence-corrected chi connectivity index (χ1v) is 7.60. The summed E-state index contributed by atoms with van der Waals surface area (Å²) in [7, 11) is 2.28. The molecule has 0 aromatic rings. The van der Waals surface area contributed by atoms with Gasteiger partial charge in [0.1, 0.15) is 0 Å². The van der Waals surface area contributed by atoms with Crippen LogP contribution in [-0.2, 0) is 0 Å². The minimum Gasteiger partial charge on any atom is -0.312 e. The van der Waals surface area contributed by atoms with Gasteiger partial charge in [0.05, 0.1) is 0 Å². The van der Waals surface area contributed by atoms with Crippen molar-refractivity contribution >= 4 is 0 Å². The van der Waals surface area contributed by atoms with Crippen LogP contribution in [0, 0.1) is 11.8 Å². The average molecular weight is 238 g/mol. The minimum atomic E-state index is 0.810. The van der Waals surface area contributed by atoms with E-state index >= 15 is 0 Å². The van der Waals surface area contributed by atoms with Crippen LogP contribution in [0.5, 0.6) is 0 Å². The molecule has 1 unspecified atom stereocenters. The maximum absolute atomic E-state index is 3.81. The molecule has 2 rings (SSSR count). The van der Waals surface area contributed by atoms with Gasteiger partial charge in [0.15, 0.2) is 0 Å². The Labute approximate surface area is 107 Å². The molecule has 0 aliphatic heterocycles. The molecule has 0 saturated heterocycles. The van der Waals surface area contributed by atoms with Crippen LogP contribution >= 0.6 is 0 Å². The molecule has 0 aromatic heterocycles. The molecule has 2 aliphatic rings. The Hall–Kier alpha value is -0.0800. The van der Waals surface area contributed by atoms with Crippen molar-refractivity contribution in [3.8, 4) is 0 Å². The van der Waals surface area contributed by atoms with Crippen molar-refractivity contribution in [2.24, 2.45) is 11.8 Å². The number of nitrogens with zero attached hydrogens (tertiary/aromatic N) is 1. The average Bonchev–Trinajstić information content (AvgIpc) is 3.16. The number of nitrogens with one attached hydrogen (secondary N) is 1. The standard InChI is InChI=1S/C15H30N2/c1-12(2)4-9-15(13-5-6-13)16-10-11-17(3)14-7-8-14/h12-16H,4-11H2,1-3H3. The second kappa shape index (κ2) is 6.19. The van der Waals surface area contributed by atoms with Gasteiger partial charge in [-0.05, 0) is 57.4 Å². The monoisotopic (exact) mass is 238 g/mol. The van der Waals surface area contributed by atoms with Crippen molar-refractivity contribution in [3.05, 3.63) is 0 Å². The zero-order chi connectivity index (χ0) is 12.3. The Balaban J connectivity index is 1.59. The Bertz CT molecular complexity index is 219. The van der Waals surface area contributed by atoms with E-state index in [1.54, 1.807) is 0 Å². The van der Waals surface area contributed by atoms with E-state index < -0.39 is 0 Å². The summed E-state index contributed by atoms with van der Waals surface area (Å²) in [6.07, 6.45) is 8.55. The first kappa shape index (κ1) is 13.4. The first-order chi connectivity index (χ1) is 8.16. The van der Waals surface area contributed by atoms with Crippen molar-refractivity contribution in [1.82, 2.24) is 10.2 Å². The van der Waals surface area contributed by atoms with E-state index in [0.717, 1.165) is 23.9 Å². The van der Waals surface area contributed by atoms with Crippen LogP contribution in [0.15, 0.2) is 0 Å². The summed E-state index contributed by atoms with van der Waals surface area (Å²) in [5, 5.41) is 3.81. The highest BCUT2D eigenvalue weighted by molar-refractivity contribution is 4.87. The number of rotatable bonds is 9. The van der Waals surface area contributed by atoms with E-state index in [9.17, 15) is 0 Å². The summed E-state index contributed by atoms with van der Waals surface area (Å²) in [4.78, 5) is 2.53. The fourth-order valence-electron chi connectivity index (χ4n) is 2.64. The summed E-state index contributed by atoms with van der Waals surface area (Å²) in [6.45, 7) is 7.09. The predicted molar refractivity (Wildman–Crippen MR) is 74.2 cm³/mol. The van der Waals surface area contributed by atoms with E-state index in [4.69, 9.17) is 0 Å². The van der Waals surface area contributed by atoms with Gasteiger partial charge in [0.2, 0.25) is 0 Å². The zero-order valence-electron chi connectivity index (χ0n) is 11.9. The van der Waals surface area contributed by atoms with Crippen molar-refractivity contribution in [3.63, 3.8) is 0 Å². The Morgan fingerprint density at radius 3 is 2.35 bits per heavy atom. The first-order valence-electron chi connectivity index (χ1n) is 7.60. The largest absolute Gasteiger partial charge is 0.312 e. The fraction of sp³-hybridized carbons (Fsp3) is 1.00. The second-order valence-electron chi connectivity index (χ2n) is 6.58. The van der Waals surface area contributed by atoms with E-state index in [1.165, 1.54) is 51.6 Å². The highest BCUT2D eigenvalue weighted by atomic mass is 15.2. The molecule has 1 N–H and O–H groups in total. The Morgan fingerprint density at radius 2 is 1.82 bits per heavy atom. The number of hydrogen-bond donors (Lipinski definition) is 1. The van der Waals surface area contributed by atoms with Crippen molar-refractivity contribution in [1.29, 1.82) is 0 Å². The van der Waals surface area contributed by atoms with Crippen LogP contribution in [0.4, 0.5) is 0 Å². The lowest BCUT2D eigenvalue weighted by atomic mass is 10.0. The predicted octanol–water partition coefficient (Wildman–Crippen LogP) is 2.89. The van der Waals surface area contributed by atoms with Gasteiger partial charge in [0.25, 0.3) is 0 Å². The third-order valence-electron chi connectivity index (χ3n) is 4.29. The molecule has 0 aromatic carbocycles. The van der Waals surface area contributed by atoms with Crippen LogP contribution in [0.2, 0.25) is 0 Å². The van der Waals surface area contributed by atoms with Gasteiger partial charge >= 0.3 is 0 Å².